The first-order chi connectivity index (χ1) is 9.70. The van der Waals surface area contributed by atoms with E-state index in [0.717, 1.165) is 22.5 Å². The Morgan fingerprint density at radius 2 is 1.70 bits per heavy atom. The first-order valence-electron chi connectivity index (χ1n) is 6.40. The fourth-order valence-electron chi connectivity index (χ4n) is 2.49. The summed E-state index contributed by atoms with van der Waals surface area (Å²) in [6, 6.07) is 12.0. The largest absolute Gasteiger partial charge is 0.343 e. The van der Waals surface area contributed by atoms with Gasteiger partial charge in [0.2, 0.25) is 0 Å². The number of rotatable bonds is 3. The van der Waals surface area contributed by atoms with E-state index in [0.29, 0.717) is 12.1 Å². The van der Waals surface area contributed by atoms with Gasteiger partial charge in [-0.25, -0.2) is 8.78 Å². The maximum atomic E-state index is 13.8. The van der Waals surface area contributed by atoms with Crippen LogP contribution in [-0.4, -0.2) is 4.57 Å². The molecule has 4 heteroatoms. The number of para-hydroxylation sites is 1. The zero-order chi connectivity index (χ0) is 14.1. The molecule has 20 heavy (non-hydrogen) atoms. The first-order valence-corrected chi connectivity index (χ1v) is 6.40. The smallest absolute Gasteiger partial charge is 0.163 e. The minimum Gasteiger partial charge on any atom is -0.343 e. The van der Waals surface area contributed by atoms with Crippen LogP contribution in [0.5, 0.6) is 0 Å². The van der Waals surface area contributed by atoms with E-state index in [1.54, 1.807) is 6.07 Å². The quantitative estimate of drug-likeness (QED) is 0.778. The zero-order valence-corrected chi connectivity index (χ0v) is 10.8. The number of fused-ring (bicyclic) bond motifs is 1. The molecule has 0 bridgehead atoms. The first kappa shape index (κ1) is 12.8. The van der Waals surface area contributed by atoms with Crippen LogP contribution in [0.15, 0.2) is 48.7 Å². The van der Waals surface area contributed by atoms with Gasteiger partial charge < -0.3 is 10.3 Å². The van der Waals surface area contributed by atoms with E-state index in [1.165, 1.54) is 6.07 Å². The third-order valence-corrected chi connectivity index (χ3v) is 3.46. The molecule has 3 aromatic rings. The molecule has 0 aliphatic rings. The van der Waals surface area contributed by atoms with E-state index in [1.807, 2.05) is 35.0 Å². The van der Waals surface area contributed by atoms with Crippen LogP contribution in [0.25, 0.3) is 10.9 Å². The monoisotopic (exact) mass is 272 g/mol. The number of aromatic nitrogens is 1. The molecule has 0 unspecified atom stereocenters. The van der Waals surface area contributed by atoms with Gasteiger partial charge in [0.05, 0.1) is 12.1 Å². The Hall–Kier alpha value is -2.20. The molecule has 0 atom stereocenters. The second kappa shape index (κ2) is 5.06. The maximum Gasteiger partial charge on any atom is 0.163 e. The lowest BCUT2D eigenvalue weighted by Gasteiger charge is -2.10. The highest BCUT2D eigenvalue weighted by Gasteiger charge is 2.11. The summed E-state index contributed by atoms with van der Waals surface area (Å²) in [5.74, 6) is -1.61. The molecule has 2 N–H and O–H groups in total. The highest BCUT2D eigenvalue weighted by molar-refractivity contribution is 5.83. The second-order valence-corrected chi connectivity index (χ2v) is 4.72. The fraction of sp³-hybridized carbons (Fsp3) is 0.125. The molecule has 1 heterocycles. The maximum absolute atomic E-state index is 13.8. The molecule has 0 aliphatic carbocycles. The minimum atomic E-state index is -0.821. The van der Waals surface area contributed by atoms with Crippen molar-refractivity contribution in [1.82, 2.24) is 4.57 Å². The van der Waals surface area contributed by atoms with Gasteiger partial charge in [-0.2, -0.15) is 0 Å². The van der Waals surface area contributed by atoms with Gasteiger partial charge in [0.15, 0.2) is 11.6 Å². The lowest BCUT2D eigenvalue weighted by atomic mass is 10.1. The minimum absolute atomic E-state index is 0.282. The van der Waals surface area contributed by atoms with Gasteiger partial charge in [0.25, 0.3) is 0 Å². The van der Waals surface area contributed by atoms with Gasteiger partial charge >= 0.3 is 0 Å². The lowest BCUT2D eigenvalue weighted by Crippen LogP contribution is -2.05. The number of halogens is 2. The number of hydrogen-bond donors (Lipinski definition) is 1. The summed E-state index contributed by atoms with van der Waals surface area (Å²) < 4.78 is 28.9. The van der Waals surface area contributed by atoms with Crippen molar-refractivity contribution < 1.29 is 8.78 Å². The molecule has 0 spiro atoms. The normalized spacial score (nSPS) is 11.2. The van der Waals surface area contributed by atoms with Crippen molar-refractivity contribution in [2.75, 3.05) is 0 Å². The molecule has 0 fully saturated rings. The van der Waals surface area contributed by atoms with E-state index in [4.69, 9.17) is 5.73 Å². The van der Waals surface area contributed by atoms with Crippen molar-refractivity contribution in [3.8, 4) is 0 Å². The molecule has 0 saturated carbocycles. The molecule has 3 rings (SSSR count). The predicted molar refractivity (Wildman–Crippen MR) is 75.3 cm³/mol. The van der Waals surface area contributed by atoms with Crippen LogP contribution in [-0.2, 0) is 13.1 Å². The second-order valence-electron chi connectivity index (χ2n) is 4.72. The number of nitrogens with two attached hydrogens (primary N) is 1. The number of hydrogen-bond acceptors (Lipinski definition) is 1. The summed E-state index contributed by atoms with van der Waals surface area (Å²) in [6.07, 6.45) is 1.87. The molecule has 0 amide bonds. The average molecular weight is 272 g/mol. The fourth-order valence-corrected chi connectivity index (χ4v) is 2.49. The van der Waals surface area contributed by atoms with E-state index in [9.17, 15) is 8.78 Å². The Kier molecular flexibility index (Phi) is 3.24. The molecule has 102 valence electrons. The highest BCUT2D eigenvalue weighted by atomic mass is 19.2. The van der Waals surface area contributed by atoms with Crippen molar-refractivity contribution in [3.05, 3.63) is 71.4 Å². The summed E-state index contributed by atoms with van der Waals surface area (Å²) in [5, 5.41) is 1.05. The van der Waals surface area contributed by atoms with Crippen molar-refractivity contribution in [1.29, 1.82) is 0 Å². The Morgan fingerprint density at radius 1 is 0.950 bits per heavy atom. The molecule has 2 nitrogen and oxygen atoms in total. The van der Waals surface area contributed by atoms with Gasteiger partial charge in [-0.15, -0.1) is 0 Å². The van der Waals surface area contributed by atoms with E-state index >= 15 is 0 Å². The van der Waals surface area contributed by atoms with Gasteiger partial charge in [-0.3, -0.25) is 0 Å². The third-order valence-electron chi connectivity index (χ3n) is 3.46. The van der Waals surface area contributed by atoms with Crippen LogP contribution in [0.2, 0.25) is 0 Å². The predicted octanol–water partition coefficient (Wildman–Crippen LogP) is 3.43. The summed E-state index contributed by atoms with van der Waals surface area (Å²) in [6.45, 7) is 0.692. The van der Waals surface area contributed by atoms with E-state index in [2.05, 4.69) is 0 Å². The summed E-state index contributed by atoms with van der Waals surface area (Å²) in [7, 11) is 0. The van der Waals surface area contributed by atoms with Gasteiger partial charge in [-0.05, 0) is 23.1 Å². The van der Waals surface area contributed by atoms with Crippen molar-refractivity contribution in [3.63, 3.8) is 0 Å². The summed E-state index contributed by atoms with van der Waals surface area (Å²) >= 11 is 0. The molecule has 0 saturated heterocycles. The SMILES string of the molecule is NCc1cccc2ccn(Cc3cccc(F)c3F)c12. The van der Waals surface area contributed by atoms with Crippen molar-refractivity contribution >= 4 is 10.9 Å². The van der Waals surface area contributed by atoms with Crippen LogP contribution in [0.3, 0.4) is 0 Å². The van der Waals surface area contributed by atoms with Crippen LogP contribution in [0.4, 0.5) is 8.78 Å². The Bertz CT molecular complexity index is 762. The van der Waals surface area contributed by atoms with E-state index in [-0.39, 0.29) is 6.54 Å². The Morgan fingerprint density at radius 3 is 2.50 bits per heavy atom. The topological polar surface area (TPSA) is 30.9 Å². The zero-order valence-electron chi connectivity index (χ0n) is 10.8. The summed E-state index contributed by atoms with van der Waals surface area (Å²) in [5.41, 5.74) is 8.03. The number of benzene rings is 2. The van der Waals surface area contributed by atoms with Crippen LogP contribution >= 0.6 is 0 Å². The summed E-state index contributed by atoms with van der Waals surface area (Å²) in [4.78, 5) is 0. The highest BCUT2D eigenvalue weighted by Crippen LogP contribution is 2.22. The van der Waals surface area contributed by atoms with Crippen LogP contribution in [0.1, 0.15) is 11.1 Å². The van der Waals surface area contributed by atoms with Gasteiger partial charge in [0, 0.05) is 18.3 Å². The van der Waals surface area contributed by atoms with Crippen molar-refractivity contribution in [2.24, 2.45) is 5.73 Å². The van der Waals surface area contributed by atoms with E-state index < -0.39 is 11.6 Å². The molecular formula is C16H14F2N2. The van der Waals surface area contributed by atoms with Crippen molar-refractivity contribution in [2.45, 2.75) is 13.1 Å². The molecule has 0 aliphatic heterocycles. The average Bonchev–Trinajstić information content (AvgIpc) is 2.87. The number of nitrogens with zero attached hydrogens (tertiary/aromatic N) is 1. The molecule has 1 aromatic heterocycles. The molecule has 2 aromatic carbocycles. The van der Waals surface area contributed by atoms with Gasteiger partial charge in [0.1, 0.15) is 0 Å². The third kappa shape index (κ3) is 2.08. The van der Waals surface area contributed by atoms with Crippen LogP contribution in [0, 0.1) is 11.6 Å². The van der Waals surface area contributed by atoms with Gasteiger partial charge in [-0.1, -0.05) is 30.3 Å². The van der Waals surface area contributed by atoms with Crippen LogP contribution < -0.4 is 5.73 Å². The standard InChI is InChI=1S/C16H14F2N2/c17-14-6-2-5-13(15(14)18)10-20-8-7-11-3-1-4-12(9-19)16(11)20/h1-8H,9-10,19H2. The lowest BCUT2D eigenvalue weighted by molar-refractivity contribution is 0.496. The Balaban J connectivity index is 2.09. The molecular weight excluding hydrogens is 258 g/mol. The Labute approximate surface area is 115 Å². The molecule has 0 radical (unpaired) electrons.